The van der Waals surface area contributed by atoms with Crippen molar-refractivity contribution in [2.75, 3.05) is 33.2 Å². The minimum absolute atomic E-state index is 0.263. The van der Waals surface area contributed by atoms with Gasteiger partial charge in [-0.05, 0) is 46.8 Å². The highest BCUT2D eigenvalue weighted by atomic mass is 16.2. The molecule has 2 aliphatic heterocycles. The van der Waals surface area contributed by atoms with E-state index in [4.69, 9.17) is 0 Å². The van der Waals surface area contributed by atoms with Crippen LogP contribution in [-0.4, -0.2) is 61.0 Å². The van der Waals surface area contributed by atoms with E-state index in [1.165, 1.54) is 0 Å². The molecule has 1 amide bonds. The summed E-state index contributed by atoms with van der Waals surface area (Å²) in [5.74, 6) is 0.651. The zero-order chi connectivity index (χ0) is 12.4. The minimum Gasteiger partial charge on any atom is -0.337 e. The van der Waals surface area contributed by atoms with Crippen LogP contribution < -0.4 is 5.32 Å². The maximum Gasteiger partial charge on any atom is 0.226 e. The first-order valence-electron chi connectivity index (χ1n) is 6.82. The minimum atomic E-state index is 0.263. The van der Waals surface area contributed by atoms with Crippen LogP contribution in [0, 0.1) is 5.92 Å². The number of rotatable bonds is 1. The van der Waals surface area contributed by atoms with Gasteiger partial charge in [0.05, 0.1) is 0 Å². The molecule has 2 rings (SSSR count). The number of hydrogen-bond donors (Lipinski definition) is 1. The molecule has 0 spiro atoms. The highest BCUT2D eigenvalue weighted by Crippen LogP contribution is 2.21. The molecular formula is C13H25N3O. The number of carbonyl (C=O) groups is 1. The molecule has 98 valence electrons. The standard InChI is InChI=1S/C13H25N3O/c1-10-11(2)16(9-6-14-10)13(17)12-4-7-15(3)8-5-12/h10-12,14H,4-9H2,1-3H3. The van der Waals surface area contributed by atoms with Gasteiger partial charge in [-0.3, -0.25) is 4.79 Å². The van der Waals surface area contributed by atoms with Gasteiger partial charge in [0, 0.05) is 31.1 Å². The highest BCUT2D eigenvalue weighted by Gasteiger charge is 2.33. The molecule has 4 heteroatoms. The van der Waals surface area contributed by atoms with Gasteiger partial charge >= 0.3 is 0 Å². The second-order valence-corrected chi connectivity index (χ2v) is 5.59. The summed E-state index contributed by atoms with van der Waals surface area (Å²) in [6, 6.07) is 0.745. The molecule has 2 aliphatic rings. The van der Waals surface area contributed by atoms with E-state index in [-0.39, 0.29) is 5.92 Å². The number of nitrogens with one attached hydrogen (secondary N) is 1. The van der Waals surface area contributed by atoms with Crippen molar-refractivity contribution in [1.82, 2.24) is 15.1 Å². The molecule has 1 N–H and O–H groups in total. The van der Waals surface area contributed by atoms with E-state index in [0.29, 0.717) is 18.0 Å². The first-order chi connectivity index (χ1) is 8.09. The van der Waals surface area contributed by atoms with Gasteiger partial charge in [-0.1, -0.05) is 0 Å². The second kappa shape index (κ2) is 5.36. The SMILES string of the molecule is CC1NCCN(C(=O)C2CCN(C)CC2)C1C. The Morgan fingerprint density at radius 1 is 1.18 bits per heavy atom. The number of carbonyl (C=O) groups excluding carboxylic acids is 1. The van der Waals surface area contributed by atoms with E-state index in [1.54, 1.807) is 0 Å². The monoisotopic (exact) mass is 239 g/mol. The Kier molecular flexibility index (Phi) is 4.05. The maximum absolute atomic E-state index is 12.5. The van der Waals surface area contributed by atoms with Crippen molar-refractivity contribution < 1.29 is 4.79 Å². The van der Waals surface area contributed by atoms with Gasteiger partial charge < -0.3 is 15.1 Å². The molecule has 17 heavy (non-hydrogen) atoms. The molecular weight excluding hydrogens is 214 g/mol. The van der Waals surface area contributed by atoms with Gasteiger partial charge in [0.2, 0.25) is 5.91 Å². The van der Waals surface area contributed by atoms with Crippen LogP contribution in [0.2, 0.25) is 0 Å². The normalized spacial score (nSPS) is 32.8. The Morgan fingerprint density at radius 3 is 2.47 bits per heavy atom. The van der Waals surface area contributed by atoms with E-state index in [1.807, 2.05) is 0 Å². The number of hydrogen-bond acceptors (Lipinski definition) is 3. The van der Waals surface area contributed by atoms with Crippen molar-refractivity contribution in [3.8, 4) is 0 Å². The van der Waals surface area contributed by atoms with E-state index >= 15 is 0 Å². The predicted molar refractivity (Wildman–Crippen MR) is 68.9 cm³/mol. The van der Waals surface area contributed by atoms with Gasteiger partial charge in [-0.25, -0.2) is 0 Å². The quantitative estimate of drug-likeness (QED) is 0.725. The fraction of sp³-hybridized carbons (Fsp3) is 0.923. The first kappa shape index (κ1) is 12.8. The summed E-state index contributed by atoms with van der Waals surface area (Å²) in [6.45, 7) is 8.25. The molecule has 2 fully saturated rings. The molecule has 2 unspecified atom stereocenters. The third kappa shape index (κ3) is 2.80. The Balaban J connectivity index is 1.94. The maximum atomic E-state index is 12.5. The van der Waals surface area contributed by atoms with Crippen LogP contribution >= 0.6 is 0 Å². The second-order valence-electron chi connectivity index (χ2n) is 5.59. The molecule has 0 aliphatic carbocycles. The Bertz CT molecular complexity index is 274. The Labute approximate surface area is 104 Å². The lowest BCUT2D eigenvalue weighted by Crippen LogP contribution is -2.58. The van der Waals surface area contributed by atoms with Gasteiger partial charge in [0.1, 0.15) is 0 Å². The lowest BCUT2D eigenvalue weighted by molar-refractivity contribution is -0.140. The number of amides is 1. The predicted octanol–water partition coefficient (Wildman–Crippen LogP) is 0.537. The lowest BCUT2D eigenvalue weighted by Gasteiger charge is -2.41. The van der Waals surface area contributed by atoms with Crippen molar-refractivity contribution in [1.29, 1.82) is 0 Å². The zero-order valence-corrected chi connectivity index (χ0v) is 11.3. The van der Waals surface area contributed by atoms with Crippen LogP contribution in [0.25, 0.3) is 0 Å². The Morgan fingerprint density at radius 2 is 1.82 bits per heavy atom. The number of nitrogens with zero attached hydrogens (tertiary/aromatic N) is 2. The van der Waals surface area contributed by atoms with Crippen LogP contribution in [0.3, 0.4) is 0 Å². The summed E-state index contributed by atoms with van der Waals surface area (Å²) in [5.41, 5.74) is 0. The molecule has 0 aromatic heterocycles. The van der Waals surface area contributed by atoms with Crippen LogP contribution in [0.1, 0.15) is 26.7 Å². The third-order valence-corrected chi connectivity index (χ3v) is 4.39. The zero-order valence-electron chi connectivity index (χ0n) is 11.3. The third-order valence-electron chi connectivity index (χ3n) is 4.39. The van der Waals surface area contributed by atoms with Gasteiger partial charge in [0.25, 0.3) is 0 Å². The van der Waals surface area contributed by atoms with Crippen LogP contribution in [-0.2, 0) is 4.79 Å². The van der Waals surface area contributed by atoms with Crippen molar-refractivity contribution in [2.24, 2.45) is 5.92 Å². The lowest BCUT2D eigenvalue weighted by atomic mass is 9.94. The van der Waals surface area contributed by atoms with Crippen molar-refractivity contribution in [3.63, 3.8) is 0 Å². The van der Waals surface area contributed by atoms with E-state index in [2.05, 4.69) is 36.0 Å². The largest absolute Gasteiger partial charge is 0.337 e. The number of piperazine rings is 1. The fourth-order valence-electron chi connectivity index (χ4n) is 2.86. The summed E-state index contributed by atoms with van der Waals surface area (Å²) in [5, 5.41) is 3.42. The summed E-state index contributed by atoms with van der Waals surface area (Å²) < 4.78 is 0. The van der Waals surface area contributed by atoms with Gasteiger partial charge in [-0.15, -0.1) is 0 Å². The summed E-state index contributed by atoms with van der Waals surface area (Å²) in [4.78, 5) is 16.9. The Hall–Kier alpha value is -0.610. The molecule has 0 aromatic rings. The van der Waals surface area contributed by atoms with E-state index in [9.17, 15) is 4.79 Å². The summed E-state index contributed by atoms with van der Waals surface area (Å²) in [6.07, 6.45) is 2.06. The molecule has 0 radical (unpaired) electrons. The fourth-order valence-corrected chi connectivity index (χ4v) is 2.86. The van der Waals surface area contributed by atoms with Crippen molar-refractivity contribution in [3.05, 3.63) is 0 Å². The average molecular weight is 239 g/mol. The van der Waals surface area contributed by atoms with Crippen LogP contribution in [0.4, 0.5) is 0 Å². The molecule has 0 aromatic carbocycles. The van der Waals surface area contributed by atoms with Crippen LogP contribution in [0.5, 0.6) is 0 Å². The molecule has 0 bridgehead atoms. The molecule has 4 nitrogen and oxygen atoms in total. The average Bonchev–Trinajstić information content (AvgIpc) is 2.33. The van der Waals surface area contributed by atoms with Crippen LogP contribution in [0.15, 0.2) is 0 Å². The summed E-state index contributed by atoms with van der Waals surface area (Å²) in [7, 11) is 2.14. The summed E-state index contributed by atoms with van der Waals surface area (Å²) >= 11 is 0. The number of likely N-dealkylation sites (tertiary alicyclic amines) is 1. The molecule has 0 saturated carbocycles. The van der Waals surface area contributed by atoms with E-state index < -0.39 is 0 Å². The topological polar surface area (TPSA) is 35.6 Å². The first-order valence-corrected chi connectivity index (χ1v) is 6.82. The molecule has 2 atom stereocenters. The van der Waals surface area contributed by atoms with E-state index in [0.717, 1.165) is 39.0 Å². The van der Waals surface area contributed by atoms with Gasteiger partial charge in [0.15, 0.2) is 0 Å². The highest BCUT2D eigenvalue weighted by molar-refractivity contribution is 5.79. The van der Waals surface area contributed by atoms with Crippen molar-refractivity contribution in [2.45, 2.75) is 38.8 Å². The molecule has 2 heterocycles. The smallest absolute Gasteiger partial charge is 0.226 e. The molecule has 2 saturated heterocycles. The van der Waals surface area contributed by atoms with Gasteiger partial charge in [-0.2, -0.15) is 0 Å². The number of piperidine rings is 1. The van der Waals surface area contributed by atoms with Crippen molar-refractivity contribution >= 4 is 5.91 Å².